The van der Waals surface area contributed by atoms with Gasteiger partial charge in [0.25, 0.3) is 0 Å². The van der Waals surface area contributed by atoms with Gasteiger partial charge in [-0.05, 0) is 132 Å². The fourth-order valence-corrected chi connectivity index (χ4v) is 10.4. The van der Waals surface area contributed by atoms with Crippen molar-refractivity contribution in [1.82, 2.24) is 0 Å². The van der Waals surface area contributed by atoms with E-state index in [1.807, 2.05) is 69.2 Å². The Labute approximate surface area is 622 Å². The molecule has 0 rings (SSSR count). The molecule has 0 heterocycles. The van der Waals surface area contributed by atoms with Crippen molar-refractivity contribution in [2.45, 2.75) is 200 Å². The van der Waals surface area contributed by atoms with Crippen LogP contribution in [0.25, 0.3) is 0 Å². The number of rotatable bonds is 45. The van der Waals surface area contributed by atoms with Crippen molar-refractivity contribution in [3.05, 3.63) is 24.3 Å². The summed E-state index contributed by atoms with van der Waals surface area (Å²) in [5.74, 6) is 0.0169. The van der Waals surface area contributed by atoms with Crippen LogP contribution in [0.2, 0.25) is 0 Å². The van der Waals surface area contributed by atoms with Crippen molar-refractivity contribution in [3.8, 4) is 0 Å². The van der Waals surface area contributed by atoms with Gasteiger partial charge in [-0.25, -0.2) is 0 Å². The summed E-state index contributed by atoms with van der Waals surface area (Å²) in [4.78, 5) is 45.5. The van der Waals surface area contributed by atoms with Gasteiger partial charge in [0.1, 0.15) is 5.78 Å². The van der Waals surface area contributed by atoms with Crippen LogP contribution in [0, 0.1) is 22.2 Å². The number of ketones is 1. The zero-order valence-corrected chi connectivity index (χ0v) is 60.2. The minimum Gasteiger partial charge on any atom is -0.466 e. The number of esters is 3. The van der Waals surface area contributed by atoms with Crippen molar-refractivity contribution in [1.29, 1.82) is 0 Å². The van der Waals surface area contributed by atoms with Crippen LogP contribution in [0.3, 0.4) is 0 Å². The average molecular weight is 1210 g/mol. The monoisotopic (exact) mass is 1220 g/mol. The standard InChI is InChI=1S/C22H40O3.C17H32O3.C6H12O2.CH4.B21.B20/c1-7-25-20(24)22(5,6)18-16-14-12-10-8-9-11-13-15-17-21(3,4)19(2)23;1-4-20-16(19)17(2,3)14-12-10-8-6-5-7-9-11-13-15-18;1-4-8-6(7)5(2)3;;1-12-18(13(2)3)21(19(14(4)5)15(6)7)20(16(8)9)17(10)11;1-12(2)17(11)20(18(13(3)4)14(5)6)19(15(7)8)16(9)10/h8,10H,7,9,11-18H2,1-6H3;5,7,18H,4,6,8-15H2,1-3H3;5H,4H2,1-3H3;1H4;;/b10-8+;7-5+;;;;. The zero-order valence-electron chi connectivity index (χ0n) is 60.2. The van der Waals surface area contributed by atoms with E-state index in [9.17, 15) is 19.2 Å². The number of carbonyl (C=O) groups is 4. The van der Waals surface area contributed by atoms with Crippen LogP contribution in [0.4, 0.5) is 0 Å². The highest BCUT2D eigenvalue weighted by atomic mass is 16.5. The molecule has 443 valence electrons. The highest BCUT2D eigenvalue weighted by Crippen LogP contribution is 2.28. The van der Waals surface area contributed by atoms with Gasteiger partial charge in [0.05, 0.1) is 36.6 Å². The van der Waals surface area contributed by atoms with E-state index in [1.165, 1.54) is 26.3 Å². The second-order valence-electron chi connectivity index (χ2n) is 26.7. The third-order valence-electron chi connectivity index (χ3n) is 16.6. The maximum atomic E-state index is 11.8. The highest BCUT2D eigenvalue weighted by molar-refractivity contribution is 8.21. The Kier molecular flexibility index (Phi) is 67.7. The number of aliphatic hydroxyl groups is 1. The SMILES string of the molecule is C.CCOC(=O)C(C)(C)CCCC/C=C/CCCCCC(C)(C)C(C)=O.CCOC(=O)C(C)(C)CCCCC/C=C/CCCCO.CCOC(=O)C(C)C.[B]B([B])B([B])B(B(B([B])[B])B([B])[B])B(B([B])[B])B([B])[B].[B][B]B(B([B])[B])B(B(B([B])[B])B([B])[B])B(B([B])[B])B([B])[B]. The lowest BCUT2D eigenvalue weighted by Crippen LogP contribution is -2.81. The molecule has 8 nitrogen and oxygen atoms in total. The summed E-state index contributed by atoms with van der Waals surface area (Å²) < 4.78 is 14.9. The molecule has 45 radical (unpaired) electrons. The number of carbonyl (C=O) groups excluding carboxylic acids is 4. The molecule has 49 heteroatoms. The van der Waals surface area contributed by atoms with E-state index in [4.69, 9.17) is 185 Å². The lowest BCUT2D eigenvalue weighted by Gasteiger charge is -2.43. The third kappa shape index (κ3) is 50.3. The van der Waals surface area contributed by atoms with Crippen molar-refractivity contribution >= 4 is 316 Å². The van der Waals surface area contributed by atoms with Gasteiger partial charge in [0, 0.05) is 304 Å². The molecule has 0 aromatic carbocycles. The van der Waals surface area contributed by atoms with E-state index in [0.29, 0.717) is 32.2 Å². The van der Waals surface area contributed by atoms with Gasteiger partial charge in [-0.1, -0.05) is 91.5 Å². The Bertz CT molecular complexity index is 1890. The quantitative estimate of drug-likeness (QED) is 0.0223. The predicted molar refractivity (Wildman–Crippen MR) is 463 cm³/mol. The summed E-state index contributed by atoms with van der Waals surface area (Å²) in [7, 11) is 128. The summed E-state index contributed by atoms with van der Waals surface area (Å²) in [5.41, 5.74) is -0.878. The minimum atomic E-state index is -0.889. The van der Waals surface area contributed by atoms with Crippen molar-refractivity contribution < 1.29 is 38.5 Å². The number of aliphatic hydroxyl groups excluding tert-OH is 1. The molecule has 0 aliphatic rings. The van der Waals surface area contributed by atoms with Crippen LogP contribution < -0.4 is 0 Å². The largest absolute Gasteiger partial charge is 0.466 e. The Morgan fingerprint density at radius 3 is 0.905 bits per heavy atom. The summed E-state index contributed by atoms with van der Waals surface area (Å²) in [5, 5.41) is 8.65. The van der Waals surface area contributed by atoms with Crippen LogP contribution in [0.15, 0.2) is 24.3 Å². The molecule has 0 unspecified atom stereocenters. The van der Waals surface area contributed by atoms with E-state index >= 15 is 0 Å². The highest BCUT2D eigenvalue weighted by Gasteiger charge is 2.46. The predicted octanol–water partition coefficient (Wildman–Crippen LogP) is -3.27. The molecule has 0 saturated heterocycles. The average Bonchev–Trinajstić information content (AvgIpc) is 0.812. The molecule has 0 aliphatic carbocycles. The first-order valence-electron chi connectivity index (χ1n) is 33.8. The molecule has 0 fully saturated rings. The van der Waals surface area contributed by atoms with Crippen LogP contribution in [0.1, 0.15) is 200 Å². The fourth-order valence-electron chi connectivity index (χ4n) is 10.4. The molecule has 0 aromatic heterocycles. The summed E-state index contributed by atoms with van der Waals surface area (Å²) >= 11 is 0. The molecule has 0 spiro atoms. The number of unbranched alkanes of at least 4 members (excludes halogenated alkanes) is 10. The topological polar surface area (TPSA) is 116 Å². The zero-order chi connectivity index (χ0) is 74.3. The van der Waals surface area contributed by atoms with E-state index in [1.54, 1.807) is 13.8 Å². The van der Waals surface area contributed by atoms with Gasteiger partial charge in [-0.3, -0.25) is 19.2 Å². The molecule has 95 heavy (non-hydrogen) atoms. The Hall–Kier alpha value is 0.182. The van der Waals surface area contributed by atoms with Gasteiger partial charge in [-0.2, -0.15) is 0 Å². The normalized spacial score (nSPS) is 10.6. The Balaban J connectivity index is -0.000000267. The van der Waals surface area contributed by atoms with E-state index in [-0.39, 0.29) is 47.5 Å². The van der Waals surface area contributed by atoms with Crippen LogP contribution in [-0.2, 0) is 33.4 Å². The maximum Gasteiger partial charge on any atom is 0.311 e. The van der Waals surface area contributed by atoms with E-state index in [2.05, 4.69) is 29.0 Å². The van der Waals surface area contributed by atoms with Crippen molar-refractivity contribution in [3.63, 3.8) is 0 Å². The van der Waals surface area contributed by atoms with Crippen LogP contribution >= 0.6 is 0 Å². The molecule has 0 saturated carbocycles. The number of allylic oxidation sites excluding steroid dienone is 4. The summed E-state index contributed by atoms with van der Waals surface area (Å²) in [6.07, 6.45) is 13.2. The second kappa shape index (κ2) is 60.6. The molecule has 0 atom stereocenters. The lowest BCUT2D eigenvalue weighted by molar-refractivity contribution is -0.154. The fraction of sp³-hybridized carbons (Fsp3) is 0.826. The first-order chi connectivity index (χ1) is 43.4. The second-order valence-corrected chi connectivity index (χ2v) is 26.7. The maximum absolute atomic E-state index is 11.8. The smallest absolute Gasteiger partial charge is 0.311 e. The number of ether oxygens (including phenoxy) is 3. The molecule has 0 bridgehead atoms. The van der Waals surface area contributed by atoms with Gasteiger partial charge in [-0.15, -0.1) is 0 Å². The van der Waals surface area contributed by atoms with Gasteiger partial charge in [0.15, 0.2) is 0 Å². The molecule has 0 aromatic rings. The lowest BCUT2D eigenvalue weighted by atomic mass is 8.38. The van der Waals surface area contributed by atoms with Gasteiger partial charge < -0.3 is 19.3 Å². The Morgan fingerprint density at radius 1 is 0.400 bits per heavy atom. The first-order valence-corrected chi connectivity index (χ1v) is 33.8. The van der Waals surface area contributed by atoms with E-state index < -0.39 is 115 Å². The molecule has 0 aliphatic heterocycles. The third-order valence-corrected chi connectivity index (χ3v) is 16.6. The molecular weight excluding hydrogens is 1120 g/mol. The number of hydrogen-bond acceptors (Lipinski definition) is 8. The van der Waals surface area contributed by atoms with E-state index in [0.717, 1.165) is 89.9 Å². The van der Waals surface area contributed by atoms with Gasteiger partial charge >= 0.3 is 17.9 Å². The van der Waals surface area contributed by atoms with Crippen LogP contribution in [0.5, 0.6) is 0 Å². The minimum absolute atomic E-state index is 0. The first kappa shape index (κ1) is 106. The van der Waals surface area contributed by atoms with Gasteiger partial charge in [0.2, 0.25) is 0 Å². The number of Topliss-reactive ketones (excluding diaryl/α,β-unsaturated/α-hetero) is 1. The van der Waals surface area contributed by atoms with Crippen molar-refractivity contribution in [2.24, 2.45) is 22.2 Å². The summed E-state index contributed by atoms with van der Waals surface area (Å²) in [6.45, 7) is 24.5. The molecular formula is C46H88B41O8. The number of hydrogen-bond donors (Lipinski definition) is 1. The molecule has 0 amide bonds. The Morgan fingerprint density at radius 2 is 0.674 bits per heavy atom. The summed E-state index contributed by atoms with van der Waals surface area (Å²) in [6, 6.07) is 0. The van der Waals surface area contributed by atoms with Crippen molar-refractivity contribution in [2.75, 3.05) is 26.4 Å². The van der Waals surface area contributed by atoms with Crippen LogP contribution in [-0.4, -0.2) is 347 Å². The molecule has 1 N–H and O–H groups in total.